The van der Waals surface area contributed by atoms with Gasteiger partial charge in [0.05, 0.1) is 6.61 Å². The second-order valence-corrected chi connectivity index (χ2v) is 2.39. The highest BCUT2D eigenvalue weighted by atomic mass is 16.5. The number of hydrogen-bond acceptors (Lipinski definition) is 2. The lowest BCUT2D eigenvalue weighted by atomic mass is 10.2. The first-order valence-electron chi connectivity index (χ1n) is 3.92. The van der Waals surface area contributed by atoms with E-state index in [1.54, 1.807) is 6.07 Å². The molecule has 0 atom stereocenters. The minimum absolute atomic E-state index is 0.308. The quantitative estimate of drug-likeness (QED) is 0.512. The molecular weight excluding hydrogens is 162 g/mol. The van der Waals surface area contributed by atoms with Gasteiger partial charge in [-0.25, -0.2) is 0 Å². The molecule has 64 valence electrons. The smallest absolute Gasteiger partial charge is 0.152 e. The van der Waals surface area contributed by atoms with Crippen LogP contribution in [0.3, 0.4) is 0 Å². The van der Waals surface area contributed by atoms with Crippen LogP contribution in [0.4, 0.5) is 0 Å². The Bertz CT molecular complexity index is 340. The predicted molar refractivity (Wildman–Crippen MR) is 49.5 cm³/mol. The average Bonchev–Trinajstić information content (AvgIpc) is 2.19. The van der Waals surface area contributed by atoms with E-state index in [4.69, 9.17) is 10.00 Å². The maximum absolute atomic E-state index is 8.10. The first-order chi connectivity index (χ1) is 6.43. The Labute approximate surface area is 77.8 Å². The summed E-state index contributed by atoms with van der Waals surface area (Å²) < 4.78 is 5.20. The molecule has 0 aromatic heterocycles. The molecule has 1 aromatic rings. The van der Waals surface area contributed by atoms with Crippen molar-refractivity contribution in [2.75, 3.05) is 6.61 Å². The van der Waals surface area contributed by atoms with E-state index < -0.39 is 0 Å². The first kappa shape index (κ1) is 9.32. The largest absolute Gasteiger partial charge is 0.364 e. The Morgan fingerprint density at radius 2 is 2.00 bits per heavy atom. The average molecular weight is 171 g/mol. The molecule has 1 rings (SSSR count). The topological polar surface area (TPSA) is 33.0 Å². The molecule has 0 aliphatic carbocycles. The van der Waals surface area contributed by atoms with Gasteiger partial charge in [0.25, 0.3) is 0 Å². The van der Waals surface area contributed by atoms with Crippen LogP contribution in [0, 0.1) is 23.2 Å². The minimum Gasteiger partial charge on any atom is -0.364 e. The van der Waals surface area contributed by atoms with Crippen molar-refractivity contribution in [3.05, 3.63) is 35.9 Å². The number of nitrogens with zero attached hydrogens (tertiary/aromatic N) is 1. The minimum atomic E-state index is 0.308. The summed E-state index contributed by atoms with van der Waals surface area (Å²) in [6.45, 7) is 0.851. The third kappa shape index (κ3) is 3.96. The molecule has 0 aliphatic rings. The zero-order valence-corrected chi connectivity index (χ0v) is 7.16. The van der Waals surface area contributed by atoms with Crippen LogP contribution in [0.1, 0.15) is 5.56 Å². The van der Waals surface area contributed by atoms with Gasteiger partial charge < -0.3 is 4.74 Å². The van der Waals surface area contributed by atoms with Gasteiger partial charge in [0.2, 0.25) is 0 Å². The zero-order chi connectivity index (χ0) is 9.36. The van der Waals surface area contributed by atoms with Crippen molar-refractivity contribution in [2.24, 2.45) is 0 Å². The van der Waals surface area contributed by atoms with Crippen LogP contribution in [0.25, 0.3) is 0 Å². The van der Waals surface area contributed by atoms with Crippen molar-refractivity contribution < 1.29 is 4.74 Å². The van der Waals surface area contributed by atoms with Gasteiger partial charge in [-0.05, 0) is 5.56 Å². The van der Waals surface area contributed by atoms with E-state index in [0.29, 0.717) is 13.2 Å². The molecular formula is C11H9NO. The summed E-state index contributed by atoms with van der Waals surface area (Å²) in [5, 5.41) is 8.10. The van der Waals surface area contributed by atoms with E-state index in [9.17, 15) is 0 Å². The summed E-state index contributed by atoms with van der Waals surface area (Å²) in [6.07, 6.45) is 0. The van der Waals surface area contributed by atoms with Crippen LogP contribution < -0.4 is 0 Å². The lowest BCUT2D eigenvalue weighted by Crippen LogP contribution is -1.92. The van der Waals surface area contributed by atoms with Gasteiger partial charge in [0, 0.05) is 5.92 Å². The molecule has 0 fully saturated rings. The van der Waals surface area contributed by atoms with Gasteiger partial charge in [-0.15, -0.1) is 0 Å². The van der Waals surface area contributed by atoms with Crippen LogP contribution in [0.5, 0.6) is 0 Å². The fourth-order valence-corrected chi connectivity index (χ4v) is 0.870. The number of ether oxygens (including phenoxy) is 1. The van der Waals surface area contributed by atoms with E-state index in [2.05, 4.69) is 11.8 Å². The molecule has 0 amide bonds. The Balaban J connectivity index is 2.25. The van der Waals surface area contributed by atoms with Crippen molar-refractivity contribution in [1.82, 2.24) is 0 Å². The van der Waals surface area contributed by atoms with Gasteiger partial charge in [0.15, 0.2) is 6.07 Å². The van der Waals surface area contributed by atoms with E-state index >= 15 is 0 Å². The van der Waals surface area contributed by atoms with Crippen LogP contribution in [0.15, 0.2) is 30.3 Å². The fourth-order valence-electron chi connectivity index (χ4n) is 0.870. The van der Waals surface area contributed by atoms with Crippen LogP contribution in [-0.2, 0) is 11.3 Å². The van der Waals surface area contributed by atoms with Crippen molar-refractivity contribution in [3.63, 3.8) is 0 Å². The SMILES string of the molecule is N#CC#CCOCc1ccccc1. The predicted octanol–water partition coefficient (Wildman–Crippen LogP) is 1.73. The second-order valence-electron chi connectivity index (χ2n) is 2.39. The summed E-state index contributed by atoms with van der Waals surface area (Å²) in [7, 11) is 0. The molecule has 1 aromatic carbocycles. The van der Waals surface area contributed by atoms with Crippen LogP contribution in [-0.4, -0.2) is 6.61 Å². The maximum Gasteiger partial charge on any atom is 0.152 e. The Morgan fingerprint density at radius 3 is 2.69 bits per heavy atom. The maximum atomic E-state index is 8.10. The summed E-state index contributed by atoms with van der Waals surface area (Å²) in [5.41, 5.74) is 1.11. The number of nitriles is 1. The molecule has 0 radical (unpaired) electrons. The highest BCUT2D eigenvalue weighted by molar-refractivity contribution is 5.17. The van der Waals surface area contributed by atoms with Gasteiger partial charge in [-0.1, -0.05) is 36.3 Å². The van der Waals surface area contributed by atoms with Crippen molar-refractivity contribution in [1.29, 1.82) is 5.26 Å². The van der Waals surface area contributed by atoms with E-state index in [0.717, 1.165) is 5.56 Å². The van der Waals surface area contributed by atoms with Crippen LogP contribution in [0.2, 0.25) is 0 Å². The van der Waals surface area contributed by atoms with E-state index in [1.807, 2.05) is 30.3 Å². The molecule has 2 heteroatoms. The molecule has 0 bridgehead atoms. The molecule has 0 saturated carbocycles. The van der Waals surface area contributed by atoms with Crippen LogP contribution >= 0.6 is 0 Å². The number of benzene rings is 1. The summed E-state index contributed by atoms with van der Waals surface area (Å²) in [6, 6.07) is 11.6. The molecule has 13 heavy (non-hydrogen) atoms. The lowest BCUT2D eigenvalue weighted by Gasteiger charge is -1.98. The third-order valence-corrected chi connectivity index (χ3v) is 1.43. The molecule has 0 spiro atoms. The molecule has 0 heterocycles. The lowest BCUT2D eigenvalue weighted by molar-refractivity contribution is 0.153. The van der Waals surface area contributed by atoms with Gasteiger partial charge >= 0.3 is 0 Å². The zero-order valence-electron chi connectivity index (χ0n) is 7.16. The monoisotopic (exact) mass is 171 g/mol. The molecule has 2 nitrogen and oxygen atoms in total. The molecule has 0 N–H and O–H groups in total. The fraction of sp³-hybridized carbons (Fsp3) is 0.182. The molecule has 0 unspecified atom stereocenters. The molecule has 0 aliphatic heterocycles. The summed E-state index contributed by atoms with van der Waals surface area (Å²) >= 11 is 0. The number of hydrogen-bond donors (Lipinski definition) is 0. The highest BCUT2D eigenvalue weighted by Gasteiger charge is 1.88. The first-order valence-corrected chi connectivity index (χ1v) is 3.92. The highest BCUT2D eigenvalue weighted by Crippen LogP contribution is 1.99. The standard InChI is InChI=1S/C11H9NO/c12-8-4-5-9-13-10-11-6-2-1-3-7-11/h1-3,6-7H,9-10H2. The van der Waals surface area contributed by atoms with Gasteiger partial charge in [-0.2, -0.15) is 5.26 Å². The Hall–Kier alpha value is -1.77. The van der Waals surface area contributed by atoms with Crippen molar-refractivity contribution in [2.45, 2.75) is 6.61 Å². The Kier molecular flexibility index (Phi) is 4.18. The third-order valence-electron chi connectivity index (χ3n) is 1.43. The molecule has 0 saturated heterocycles. The number of rotatable bonds is 3. The Morgan fingerprint density at radius 1 is 1.23 bits per heavy atom. The van der Waals surface area contributed by atoms with Gasteiger partial charge in [-0.3, -0.25) is 0 Å². The van der Waals surface area contributed by atoms with Crippen molar-refractivity contribution in [3.8, 4) is 17.9 Å². The van der Waals surface area contributed by atoms with Crippen molar-refractivity contribution >= 4 is 0 Å². The summed E-state index contributed by atoms with van der Waals surface area (Å²) in [4.78, 5) is 0. The van der Waals surface area contributed by atoms with Gasteiger partial charge in [0.1, 0.15) is 6.61 Å². The van der Waals surface area contributed by atoms with E-state index in [-0.39, 0.29) is 0 Å². The second kappa shape index (κ2) is 5.83. The normalized spacial score (nSPS) is 8.23. The van der Waals surface area contributed by atoms with E-state index in [1.165, 1.54) is 0 Å². The summed E-state index contributed by atoms with van der Waals surface area (Å²) in [5.74, 6) is 4.84.